The molecule has 0 unspecified atom stereocenters. The van der Waals surface area contributed by atoms with Crippen molar-refractivity contribution in [2.24, 2.45) is 0 Å². The van der Waals surface area contributed by atoms with Gasteiger partial charge in [0.2, 0.25) is 0 Å². The molecule has 28 heavy (non-hydrogen) atoms. The van der Waals surface area contributed by atoms with Gasteiger partial charge in [-0.15, -0.1) is 0 Å². The van der Waals surface area contributed by atoms with Crippen molar-refractivity contribution >= 4 is 29.3 Å². The molecule has 0 spiro atoms. The van der Waals surface area contributed by atoms with E-state index in [0.717, 1.165) is 18.8 Å². The first-order valence-electron chi connectivity index (χ1n) is 9.10. The number of methoxy groups -OCH3 is 1. The van der Waals surface area contributed by atoms with E-state index in [1.54, 1.807) is 25.3 Å². The van der Waals surface area contributed by atoms with E-state index < -0.39 is 11.8 Å². The lowest BCUT2D eigenvalue weighted by molar-refractivity contribution is -0.117. The molecule has 1 N–H and O–H groups in total. The number of nitrogens with one attached hydrogen (secondary N) is 1. The van der Waals surface area contributed by atoms with Crippen LogP contribution in [0.25, 0.3) is 6.08 Å². The molecular weight excluding hydrogens is 358 g/mol. The van der Waals surface area contributed by atoms with Gasteiger partial charge < -0.3 is 14.4 Å². The molecular formula is C21H21N3O4. The maximum Gasteiger partial charge on any atom is 0.282 e. The van der Waals surface area contributed by atoms with E-state index in [9.17, 15) is 9.59 Å². The zero-order valence-electron chi connectivity index (χ0n) is 15.6. The zero-order chi connectivity index (χ0) is 19.5. The third-order valence-electron chi connectivity index (χ3n) is 4.80. The lowest BCUT2D eigenvalue weighted by atomic mass is 10.1. The molecule has 2 aromatic rings. The van der Waals surface area contributed by atoms with Gasteiger partial charge in [0, 0.05) is 30.4 Å². The molecule has 2 fully saturated rings. The maximum absolute atomic E-state index is 12.7. The second-order valence-electron chi connectivity index (χ2n) is 6.50. The van der Waals surface area contributed by atoms with Crippen molar-refractivity contribution in [3.8, 4) is 5.75 Å². The molecule has 144 valence electrons. The van der Waals surface area contributed by atoms with Crippen LogP contribution >= 0.6 is 0 Å². The van der Waals surface area contributed by atoms with Crippen molar-refractivity contribution in [2.75, 3.05) is 43.3 Å². The standard InChI is InChI=1S/C21H21N3O4/c1-27-19-14-17(23-9-11-28-12-10-23)8-7-15(19)13-18-20(25)22-24(21(18)26)16-5-3-2-4-6-16/h2-8,13-14H,9-12H2,1H3,(H,22,25)/b18-13-. The number of amides is 2. The second kappa shape index (κ2) is 7.74. The van der Waals surface area contributed by atoms with Gasteiger partial charge in [-0.2, -0.15) is 0 Å². The lowest BCUT2D eigenvalue weighted by Crippen LogP contribution is -2.36. The number of para-hydroxylation sites is 1. The van der Waals surface area contributed by atoms with Gasteiger partial charge in [-0.05, 0) is 30.3 Å². The normalized spacial score (nSPS) is 18.5. The molecule has 2 aliphatic heterocycles. The Labute approximate surface area is 163 Å². The topological polar surface area (TPSA) is 71.1 Å². The van der Waals surface area contributed by atoms with Gasteiger partial charge >= 0.3 is 0 Å². The van der Waals surface area contributed by atoms with Crippen molar-refractivity contribution < 1.29 is 19.1 Å². The molecule has 2 aromatic carbocycles. The summed E-state index contributed by atoms with van der Waals surface area (Å²) >= 11 is 0. The van der Waals surface area contributed by atoms with Gasteiger partial charge in [0.15, 0.2) is 0 Å². The van der Waals surface area contributed by atoms with Crippen LogP contribution in [0.4, 0.5) is 11.4 Å². The number of ether oxygens (including phenoxy) is 2. The SMILES string of the molecule is COc1cc(N2CCOCC2)ccc1/C=C1/C(=O)NN(c2ccccc2)C1=O. The summed E-state index contributed by atoms with van der Waals surface area (Å²) in [4.78, 5) is 27.3. The molecule has 2 saturated heterocycles. The average Bonchev–Trinajstić information content (AvgIpc) is 3.03. The zero-order valence-corrected chi connectivity index (χ0v) is 15.6. The van der Waals surface area contributed by atoms with Gasteiger partial charge in [0.1, 0.15) is 11.3 Å². The number of benzene rings is 2. The van der Waals surface area contributed by atoms with E-state index >= 15 is 0 Å². The van der Waals surface area contributed by atoms with Gasteiger partial charge in [-0.1, -0.05) is 18.2 Å². The first-order chi connectivity index (χ1) is 13.7. The van der Waals surface area contributed by atoms with Crippen molar-refractivity contribution in [1.82, 2.24) is 5.43 Å². The van der Waals surface area contributed by atoms with Crippen LogP contribution in [-0.4, -0.2) is 45.2 Å². The molecule has 0 bridgehead atoms. The summed E-state index contributed by atoms with van der Waals surface area (Å²) in [5.74, 6) is -0.223. The molecule has 4 rings (SSSR count). The van der Waals surface area contributed by atoms with E-state index in [1.165, 1.54) is 5.01 Å². The maximum atomic E-state index is 12.7. The van der Waals surface area contributed by atoms with Crippen LogP contribution in [0.5, 0.6) is 5.75 Å². The fourth-order valence-electron chi connectivity index (χ4n) is 3.31. The van der Waals surface area contributed by atoms with E-state index in [0.29, 0.717) is 30.2 Å². The van der Waals surface area contributed by atoms with Crippen molar-refractivity contribution in [3.63, 3.8) is 0 Å². The summed E-state index contributed by atoms with van der Waals surface area (Å²) in [6.07, 6.45) is 1.57. The number of hydrazine groups is 1. The lowest BCUT2D eigenvalue weighted by Gasteiger charge is -2.29. The molecule has 7 nitrogen and oxygen atoms in total. The van der Waals surface area contributed by atoms with Gasteiger partial charge in [0.25, 0.3) is 11.8 Å². The molecule has 2 heterocycles. The minimum absolute atomic E-state index is 0.0706. The summed E-state index contributed by atoms with van der Waals surface area (Å²) in [6, 6.07) is 14.7. The van der Waals surface area contributed by atoms with Crippen LogP contribution in [0.15, 0.2) is 54.1 Å². The Morgan fingerprint density at radius 2 is 1.79 bits per heavy atom. The van der Waals surface area contributed by atoms with Crippen molar-refractivity contribution in [2.45, 2.75) is 0 Å². The highest BCUT2D eigenvalue weighted by atomic mass is 16.5. The fourth-order valence-corrected chi connectivity index (χ4v) is 3.31. The number of carbonyl (C=O) groups is 2. The molecule has 0 aliphatic carbocycles. The summed E-state index contributed by atoms with van der Waals surface area (Å²) in [6.45, 7) is 3.02. The number of carbonyl (C=O) groups excluding carboxylic acids is 2. The van der Waals surface area contributed by atoms with Crippen LogP contribution in [0.1, 0.15) is 5.56 Å². The summed E-state index contributed by atoms with van der Waals surface area (Å²) in [7, 11) is 1.58. The van der Waals surface area contributed by atoms with Gasteiger partial charge in [-0.25, -0.2) is 5.01 Å². The van der Waals surface area contributed by atoms with Crippen LogP contribution in [0.3, 0.4) is 0 Å². The molecule has 2 aliphatic rings. The third kappa shape index (κ3) is 3.44. The number of hydrogen-bond donors (Lipinski definition) is 1. The van der Waals surface area contributed by atoms with Crippen LogP contribution in [-0.2, 0) is 14.3 Å². The highest BCUT2D eigenvalue weighted by Gasteiger charge is 2.34. The Morgan fingerprint density at radius 1 is 1.04 bits per heavy atom. The highest BCUT2D eigenvalue weighted by molar-refractivity contribution is 6.31. The number of morpholine rings is 1. The van der Waals surface area contributed by atoms with Crippen LogP contribution in [0.2, 0.25) is 0 Å². The summed E-state index contributed by atoms with van der Waals surface area (Å²) < 4.78 is 10.9. The second-order valence-corrected chi connectivity index (χ2v) is 6.50. The predicted octanol–water partition coefficient (Wildman–Crippen LogP) is 1.99. The smallest absolute Gasteiger partial charge is 0.282 e. The Bertz CT molecular complexity index is 921. The molecule has 0 aromatic heterocycles. The quantitative estimate of drug-likeness (QED) is 0.650. The largest absolute Gasteiger partial charge is 0.496 e. The number of nitrogens with zero attached hydrogens (tertiary/aromatic N) is 2. The number of rotatable bonds is 4. The Hall–Kier alpha value is -3.32. The molecule has 0 atom stereocenters. The fraction of sp³-hybridized carbons (Fsp3) is 0.238. The van der Waals surface area contributed by atoms with E-state index in [-0.39, 0.29) is 5.57 Å². The monoisotopic (exact) mass is 379 g/mol. The molecule has 2 amide bonds. The number of hydrogen-bond acceptors (Lipinski definition) is 5. The van der Waals surface area contributed by atoms with Gasteiger partial charge in [0.05, 0.1) is 26.0 Å². The van der Waals surface area contributed by atoms with E-state index in [1.807, 2.05) is 36.4 Å². The highest BCUT2D eigenvalue weighted by Crippen LogP contribution is 2.29. The number of anilines is 2. The van der Waals surface area contributed by atoms with Crippen LogP contribution in [0, 0.1) is 0 Å². The first-order valence-corrected chi connectivity index (χ1v) is 9.10. The van der Waals surface area contributed by atoms with Gasteiger partial charge in [-0.3, -0.25) is 15.0 Å². The summed E-state index contributed by atoms with van der Waals surface area (Å²) in [5.41, 5.74) is 4.98. The van der Waals surface area contributed by atoms with Crippen LogP contribution < -0.4 is 20.1 Å². The van der Waals surface area contributed by atoms with Crippen molar-refractivity contribution in [3.05, 3.63) is 59.7 Å². The molecule has 7 heteroatoms. The summed E-state index contributed by atoms with van der Waals surface area (Å²) in [5, 5.41) is 1.25. The molecule has 0 radical (unpaired) electrons. The predicted molar refractivity (Wildman–Crippen MR) is 106 cm³/mol. The van der Waals surface area contributed by atoms with E-state index in [2.05, 4.69) is 10.3 Å². The Kier molecular flexibility index (Phi) is 4.99. The van der Waals surface area contributed by atoms with Crippen molar-refractivity contribution in [1.29, 1.82) is 0 Å². The molecule has 0 saturated carbocycles. The van der Waals surface area contributed by atoms with E-state index in [4.69, 9.17) is 9.47 Å². The Balaban J connectivity index is 1.62. The minimum Gasteiger partial charge on any atom is -0.496 e. The third-order valence-corrected chi connectivity index (χ3v) is 4.80. The first kappa shape index (κ1) is 18.1. The minimum atomic E-state index is -0.437. The average molecular weight is 379 g/mol. The Morgan fingerprint density at radius 3 is 2.50 bits per heavy atom.